The number of carbonyl (C=O) groups excluding carboxylic acids is 2. The van der Waals surface area contributed by atoms with Gasteiger partial charge in [0.25, 0.3) is 5.91 Å². The number of aromatic nitrogens is 2. The topological polar surface area (TPSA) is 81.2 Å². The number of amides is 1. The van der Waals surface area contributed by atoms with Gasteiger partial charge >= 0.3 is 5.97 Å². The molecule has 1 aromatic heterocycles. The Hall–Kier alpha value is -2.19. The molecule has 1 atom stereocenters. The summed E-state index contributed by atoms with van der Waals surface area (Å²) in [6, 6.07) is 5.67. The van der Waals surface area contributed by atoms with Crippen LogP contribution in [0.15, 0.2) is 29.4 Å². The lowest BCUT2D eigenvalue weighted by molar-refractivity contribution is -0.150. The lowest BCUT2D eigenvalue weighted by atomic mass is 10.3. The summed E-state index contributed by atoms with van der Waals surface area (Å²) in [6.07, 6.45) is -1.08. The molecule has 0 aliphatic carbocycles. The van der Waals surface area contributed by atoms with Crippen molar-refractivity contribution in [1.82, 2.24) is 9.97 Å². The van der Waals surface area contributed by atoms with Crippen molar-refractivity contribution in [1.29, 1.82) is 0 Å². The van der Waals surface area contributed by atoms with Crippen LogP contribution in [0, 0.1) is 19.7 Å². The second-order valence-corrected chi connectivity index (χ2v) is 6.85. The summed E-state index contributed by atoms with van der Waals surface area (Å²) in [7, 11) is 0. The Morgan fingerprint density at radius 1 is 1.27 bits per heavy atom. The quantitative estimate of drug-likeness (QED) is 0.456. The van der Waals surface area contributed by atoms with Crippen LogP contribution in [-0.2, 0) is 14.3 Å². The molecule has 0 spiro atoms. The molecular weight excluding hydrogens is 381 g/mol. The highest BCUT2D eigenvalue weighted by atomic mass is 35.5. The van der Waals surface area contributed by atoms with Gasteiger partial charge in [-0.3, -0.25) is 9.59 Å². The number of nitrogens with zero attached hydrogens (tertiary/aromatic N) is 2. The van der Waals surface area contributed by atoms with Gasteiger partial charge in [-0.1, -0.05) is 23.4 Å². The Labute approximate surface area is 159 Å². The average molecular weight is 398 g/mol. The monoisotopic (exact) mass is 397 g/mol. The van der Waals surface area contributed by atoms with E-state index in [0.29, 0.717) is 5.16 Å². The lowest BCUT2D eigenvalue weighted by Gasteiger charge is -2.14. The van der Waals surface area contributed by atoms with Gasteiger partial charge in [-0.15, -0.1) is 0 Å². The zero-order valence-electron chi connectivity index (χ0n) is 14.4. The molecule has 1 aromatic carbocycles. The summed E-state index contributed by atoms with van der Waals surface area (Å²) in [5, 5.41) is 3.02. The third kappa shape index (κ3) is 5.96. The van der Waals surface area contributed by atoms with Crippen LogP contribution in [0.25, 0.3) is 0 Å². The van der Waals surface area contributed by atoms with E-state index in [1.807, 2.05) is 19.9 Å². The van der Waals surface area contributed by atoms with Gasteiger partial charge < -0.3 is 10.1 Å². The highest BCUT2D eigenvalue weighted by molar-refractivity contribution is 7.99. The van der Waals surface area contributed by atoms with Crippen LogP contribution in [0.1, 0.15) is 18.3 Å². The van der Waals surface area contributed by atoms with E-state index in [-0.39, 0.29) is 16.5 Å². The lowest BCUT2D eigenvalue weighted by Crippen LogP contribution is -2.30. The highest BCUT2D eigenvalue weighted by Gasteiger charge is 2.19. The minimum Gasteiger partial charge on any atom is -0.452 e. The fourth-order valence-corrected chi connectivity index (χ4v) is 2.88. The van der Waals surface area contributed by atoms with Gasteiger partial charge in [0.1, 0.15) is 5.82 Å². The highest BCUT2D eigenvalue weighted by Crippen LogP contribution is 2.19. The van der Waals surface area contributed by atoms with E-state index >= 15 is 0 Å². The molecule has 0 unspecified atom stereocenters. The van der Waals surface area contributed by atoms with E-state index < -0.39 is 23.8 Å². The van der Waals surface area contributed by atoms with Gasteiger partial charge in [0.2, 0.25) is 0 Å². The molecule has 0 aliphatic rings. The summed E-state index contributed by atoms with van der Waals surface area (Å²) in [6.45, 7) is 5.07. The molecule has 0 bridgehead atoms. The Kier molecular flexibility index (Phi) is 6.93. The number of anilines is 1. The van der Waals surface area contributed by atoms with E-state index in [1.54, 1.807) is 0 Å². The molecule has 1 amide bonds. The van der Waals surface area contributed by atoms with E-state index in [9.17, 15) is 14.0 Å². The number of thioether (sulfide) groups is 1. The minimum atomic E-state index is -1.08. The van der Waals surface area contributed by atoms with Crippen molar-refractivity contribution in [3.8, 4) is 0 Å². The number of benzene rings is 1. The SMILES string of the molecule is Cc1cc(C)nc(SCC(=O)O[C@@H](C)C(=O)Nc2ccc(Cl)cc2F)n1. The Bertz CT molecular complexity index is 815. The number of esters is 1. The maximum atomic E-state index is 13.7. The third-order valence-electron chi connectivity index (χ3n) is 3.15. The van der Waals surface area contributed by atoms with Crippen molar-refractivity contribution >= 4 is 40.9 Å². The van der Waals surface area contributed by atoms with Crippen LogP contribution in [0.4, 0.5) is 10.1 Å². The van der Waals surface area contributed by atoms with Crippen LogP contribution in [0.2, 0.25) is 5.02 Å². The number of rotatable bonds is 6. The van der Waals surface area contributed by atoms with Gasteiger partial charge in [0.05, 0.1) is 11.4 Å². The van der Waals surface area contributed by atoms with Gasteiger partial charge in [0.15, 0.2) is 11.3 Å². The predicted octanol–water partition coefficient (Wildman–Crippen LogP) is 3.55. The molecule has 1 N–H and O–H groups in total. The van der Waals surface area contributed by atoms with Crippen LogP contribution in [-0.4, -0.2) is 33.7 Å². The number of nitrogens with one attached hydrogen (secondary N) is 1. The van der Waals surface area contributed by atoms with Gasteiger partial charge in [-0.2, -0.15) is 0 Å². The molecule has 2 aromatic rings. The van der Waals surface area contributed by atoms with Crippen molar-refractivity contribution in [3.05, 3.63) is 46.5 Å². The first kappa shape index (κ1) is 20.1. The fraction of sp³-hybridized carbons (Fsp3) is 0.294. The number of hydrogen-bond acceptors (Lipinski definition) is 6. The van der Waals surface area contributed by atoms with Crippen LogP contribution >= 0.6 is 23.4 Å². The second kappa shape index (κ2) is 8.95. The average Bonchev–Trinajstić information content (AvgIpc) is 2.54. The van der Waals surface area contributed by atoms with Crippen molar-refractivity contribution in [2.75, 3.05) is 11.1 Å². The van der Waals surface area contributed by atoms with E-state index in [4.69, 9.17) is 16.3 Å². The molecule has 0 saturated heterocycles. The largest absolute Gasteiger partial charge is 0.452 e. The van der Waals surface area contributed by atoms with Gasteiger partial charge in [-0.25, -0.2) is 14.4 Å². The predicted molar refractivity (Wildman–Crippen MR) is 97.8 cm³/mol. The first-order valence-corrected chi connectivity index (χ1v) is 9.01. The summed E-state index contributed by atoms with van der Waals surface area (Å²) >= 11 is 6.77. The summed E-state index contributed by atoms with van der Waals surface area (Å²) in [4.78, 5) is 32.3. The van der Waals surface area contributed by atoms with E-state index in [0.717, 1.165) is 29.2 Å². The smallest absolute Gasteiger partial charge is 0.317 e. The van der Waals surface area contributed by atoms with Crippen molar-refractivity contribution in [2.45, 2.75) is 32.0 Å². The molecule has 1 heterocycles. The van der Waals surface area contributed by atoms with E-state index in [2.05, 4.69) is 15.3 Å². The van der Waals surface area contributed by atoms with Crippen LogP contribution in [0.3, 0.4) is 0 Å². The Morgan fingerprint density at radius 3 is 2.54 bits per heavy atom. The standard InChI is InChI=1S/C17H17ClFN3O3S/c1-9-6-10(2)21-17(20-9)26-8-15(23)25-11(3)16(24)22-14-5-4-12(18)7-13(14)19/h4-7,11H,8H2,1-3H3,(H,22,24)/t11-/m0/s1. The molecule has 9 heteroatoms. The number of aryl methyl sites for hydroxylation is 2. The Balaban J connectivity index is 1.86. The van der Waals surface area contributed by atoms with E-state index in [1.165, 1.54) is 19.1 Å². The number of ether oxygens (including phenoxy) is 1. The molecule has 0 aliphatic heterocycles. The van der Waals surface area contributed by atoms with Crippen LogP contribution in [0.5, 0.6) is 0 Å². The maximum Gasteiger partial charge on any atom is 0.317 e. The maximum absolute atomic E-state index is 13.7. The first-order valence-electron chi connectivity index (χ1n) is 7.65. The molecule has 138 valence electrons. The molecular formula is C17H17ClFN3O3S. The molecule has 6 nitrogen and oxygen atoms in total. The van der Waals surface area contributed by atoms with Crippen molar-refractivity contribution in [3.63, 3.8) is 0 Å². The zero-order chi connectivity index (χ0) is 19.3. The number of halogens is 2. The third-order valence-corrected chi connectivity index (χ3v) is 4.20. The van der Waals surface area contributed by atoms with Crippen molar-refractivity contribution in [2.24, 2.45) is 0 Å². The fourth-order valence-electron chi connectivity index (χ4n) is 1.99. The summed E-state index contributed by atoms with van der Waals surface area (Å²) < 4.78 is 18.7. The van der Waals surface area contributed by atoms with Gasteiger partial charge in [0, 0.05) is 16.4 Å². The molecule has 0 radical (unpaired) electrons. The summed E-state index contributed by atoms with van der Waals surface area (Å²) in [5.41, 5.74) is 1.55. The molecule has 0 saturated carbocycles. The van der Waals surface area contributed by atoms with Crippen molar-refractivity contribution < 1.29 is 18.7 Å². The molecule has 0 fully saturated rings. The first-order chi connectivity index (χ1) is 12.2. The zero-order valence-corrected chi connectivity index (χ0v) is 15.9. The number of hydrogen-bond donors (Lipinski definition) is 1. The normalized spacial score (nSPS) is 11.7. The minimum absolute atomic E-state index is 0.0414. The molecule has 2 rings (SSSR count). The summed E-state index contributed by atoms with van der Waals surface area (Å²) in [5.74, 6) is -1.97. The number of carbonyl (C=O) groups is 2. The Morgan fingerprint density at radius 2 is 1.92 bits per heavy atom. The second-order valence-electron chi connectivity index (χ2n) is 5.47. The van der Waals surface area contributed by atoms with Crippen LogP contribution < -0.4 is 5.32 Å². The molecule has 26 heavy (non-hydrogen) atoms. The van der Waals surface area contributed by atoms with Gasteiger partial charge in [-0.05, 0) is 45.0 Å².